The molecule has 0 aliphatic rings. The molecule has 0 aliphatic heterocycles. The first kappa shape index (κ1) is 19.5. The van der Waals surface area contributed by atoms with Gasteiger partial charge in [-0.05, 0) is 50.1 Å². The Bertz CT molecular complexity index is 699. The summed E-state index contributed by atoms with van der Waals surface area (Å²) in [5, 5.41) is 3.85. The summed E-state index contributed by atoms with van der Waals surface area (Å²) >= 11 is 6.03. The molecule has 0 saturated heterocycles. The molecule has 25 heavy (non-hydrogen) atoms. The lowest BCUT2D eigenvalue weighted by atomic mass is 10.0. The zero-order valence-corrected chi connectivity index (χ0v) is 15.9. The van der Waals surface area contributed by atoms with Gasteiger partial charge in [-0.15, -0.1) is 0 Å². The van der Waals surface area contributed by atoms with Crippen molar-refractivity contribution in [2.24, 2.45) is 0 Å². The van der Waals surface area contributed by atoms with Crippen LogP contribution in [0.2, 0.25) is 5.02 Å². The van der Waals surface area contributed by atoms with Gasteiger partial charge in [-0.2, -0.15) is 0 Å². The van der Waals surface area contributed by atoms with Crippen LogP contribution in [0, 0.1) is 5.82 Å². The fraction of sp³-hybridized carbons (Fsp3) is 0.400. The lowest BCUT2D eigenvalue weighted by molar-refractivity contribution is 0.279. The summed E-state index contributed by atoms with van der Waals surface area (Å²) in [5.41, 5.74) is 1.50. The molecule has 0 atom stereocenters. The van der Waals surface area contributed by atoms with Crippen LogP contribution in [-0.4, -0.2) is 12.6 Å². The van der Waals surface area contributed by atoms with Gasteiger partial charge in [0.2, 0.25) is 0 Å². The molecule has 0 bridgehead atoms. The van der Waals surface area contributed by atoms with Crippen LogP contribution < -0.4 is 14.8 Å². The second-order valence-corrected chi connectivity index (χ2v) is 6.97. The number of rotatable bonds is 8. The van der Waals surface area contributed by atoms with E-state index < -0.39 is 0 Å². The van der Waals surface area contributed by atoms with Gasteiger partial charge in [0, 0.05) is 17.6 Å². The summed E-state index contributed by atoms with van der Waals surface area (Å²) in [7, 11) is 1.59. The van der Waals surface area contributed by atoms with Crippen molar-refractivity contribution in [1.82, 2.24) is 5.32 Å². The Morgan fingerprint density at radius 1 is 1.16 bits per heavy atom. The van der Waals surface area contributed by atoms with Crippen LogP contribution in [0.25, 0.3) is 0 Å². The van der Waals surface area contributed by atoms with Gasteiger partial charge < -0.3 is 14.8 Å². The van der Waals surface area contributed by atoms with E-state index in [1.165, 1.54) is 6.07 Å². The molecular weight excluding hydrogens is 341 g/mol. The predicted molar refractivity (Wildman–Crippen MR) is 99.9 cm³/mol. The van der Waals surface area contributed by atoms with Crippen LogP contribution in [0.1, 0.15) is 38.3 Å². The molecule has 0 saturated carbocycles. The van der Waals surface area contributed by atoms with E-state index in [9.17, 15) is 4.39 Å². The number of nitrogens with one attached hydrogen (secondary N) is 1. The van der Waals surface area contributed by atoms with Crippen molar-refractivity contribution in [1.29, 1.82) is 0 Å². The number of ether oxygens (including phenoxy) is 2. The van der Waals surface area contributed by atoms with Crippen molar-refractivity contribution in [2.45, 2.75) is 45.9 Å². The third-order valence-corrected chi connectivity index (χ3v) is 4.67. The van der Waals surface area contributed by atoms with Gasteiger partial charge in [0.1, 0.15) is 12.4 Å². The Kier molecular flexibility index (Phi) is 6.68. The molecule has 2 aromatic carbocycles. The van der Waals surface area contributed by atoms with E-state index in [1.807, 2.05) is 18.2 Å². The minimum atomic E-state index is -0.380. The molecule has 0 radical (unpaired) electrons. The number of hydrogen-bond donors (Lipinski definition) is 1. The summed E-state index contributed by atoms with van der Waals surface area (Å²) < 4.78 is 25.0. The zero-order valence-electron chi connectivity index (χ0n) is 15.2. The molecule has 1 N–H and O–H groups in total. The predicted octanol–water partition coefficient (Wildman–Crippen LogP) is 5.34. The van der Waals surface area contributed by atoms with Crippen molar-refractivity contribution in [2.75, 3.05) is 7.11 Å². The molecule has 136 valence electrons. The average Bonchev–Trinajstić information content (AvgIpc) is 2.60. The number of hydrogen-bond acceptors (Lipinski definition) is 3. The molecule has 0 unspecified atom stereocenters. The summed E-state index contributed by atoms with van der Waals surface area (Å²) in [4.78, 5) is 0. The molecule has 0 amide bonds. The first-order valence-corrected chi connectivity index (χ1v) is 8.71. The molecule has 0 aliphatic carbocycles. The second-order valence-electron chi connectivity index (χ2n) is 6.57. The highest BCUT2D eigenvalue weighted by molar-refractivity contribution is 6.31. The lowest BCUT2D eigenvalue weighted by Gasteiger charge is -2.24. The highest BCUT2D eigenvalue weighted by Crippen LogP contribution is 2.30. The third-order valence-electron chi connectivity index (χ3n) is 4.32. The Morgan fingerprint density at radius 2 is 1.92 bits per heavy atom. The first-order valence-electron chi connectivity index (χ1n) is 8.34. The van der Waals surface area contributed by atoms with Gasteiger partial charge in [0.25, 0.3) is 0 Å². The molecule has 2 aromatic rings. The van der Waals surface area contributed by atoms with E-state index in [4.69, 9.17) is 21.1 Å². The molecule has 5 heteroatoms. The Morgan fingerprint density at radius 3 is 2.56 bits per heavy atom. The molecule has 3 nitrogen and oxygen atoms in total. The smallest absolute Gasteiger partial charge is 0.161 e. The maximum Gasteiger partial charge on any atom is 0.161 e. The Labute approximate surface area is 154 Å². The molecular formula is C20H25ClFNO2. The van der Waals surface area contributed by atoms with Crippen LogP contribution in [0.15, 0.2) is 36.4 Å². The lowest BCUT2D eigenvalue weighted by Crippen LogP contribution is -2.37. The number of benzene rings is 2. The number of methoxy groups -OCH3 is 1. The fourth-order valence-electron chi connectivity index (χ4n) is 2.23. The average molecular weight is 366 g/mol. The van der Waals surface area contributed by atoms with E-state index in [1.54, 1.807) is 19.2 Å². The molecule has 2 rings (SSSR count). The van der Waals surface area contributed by atoms with E-state index >= 15 is 0 Å². The summed E-state index contributed by atoms with van der Waals surface area (Å²) in [6, 6.07) is 10.3. The molecule has 0 aromatic heterocycles. The molecule has 0 heterocycles. The van der Waals surface area contributed by atoms with E-state index in [0.717, 1.165) is 18.5 Å². The SMILES string of the molecule is CCC(C)(C)NCc1ccc(OCc2c(F)cccc2Cl)c(OC)c1. The van der Waals surface area contributed by atoms with Crippen molar-refractivity contribution < 1.29 is 13.9 Å². The highest BCUT2D eigenvalue weighted by Gasteiger charge is 2.15. The summed E-state index contributed by atoms with van der Waals surface area (Å²) in [6.07, 6.45) is 1.04. The Balaban J connectivity index is 2.09. The highest BCUT2D eigenvalue weighted by atomic mass is 35.5. The zero-order chi connectivity index (χ0) is 18.4. The fourth-order valence-corrected chi connectivity index (χ4v) is 2.45. The van der Waals surface area contributed by atoms with E-state index in [2.05, 4.69) is 26.1 Å². The van der Waals surface area contributed by atoms with E-state index in [-0.39, 0.29) is 18.0 Å². The van der Waals surface area contributed by atoms with Crippen LogP contribution in [0.5, 0.6) is 11.5 Å². The molecule has 0 spiro atoms. The van der Waals surface area contributed by atoms with Crippen molar-refractivity contribution in [3.8, 4) is 11.5 Å². The van der Waals surface area contributed by atoms with Gasteiger partial charge in [-0.1, -0.05) is 30.7 Å². The largest absolute Gasteiger partial charge is 0.493 e. The monoisotopic (exact) mass is 365 g/mol. The normalized spacial score (nSPS) is 11.4. The maximum atomic E-state index is 13.8. The minimum absolute atomic E-state index is 0.0440. The van der Waals surface area contributed by atoms with E-state index in [0.29, 0.717) is 22.1 Å². The summed E-state index contributed by atoms with van der Waals surface area (Å²) in [6.45, 7) is 7.26. The van der Waals surface area contributed by atoms with Gasteiger partial charge in [0.15, 0.2) is 11.5 Å². The van der Waals surface area contributed by atoms with Crippen LogP contribution in [-0.2, 0) is 13.2 Å². The van der Waals surface area contributed by atoms with Crippen LogP contribution in [0.3, 0.4) is 0 Å². The second kappa shape index (κ2) is 8.54. The van der Waals surface area contributed by atoms with Gasteiger partial charge in [-0.25, -0.2) is 4.39 Å². The number of halogens is 2. The Hall–Kier alpha value is -1.78. The van der Waals surface area contributed by atoms with Crippen LogP contribution in [0.4, 0.5) is 4.39 Å². The standard InChI is InChI=1S/C20H25ClFNO2/c1-5-20(2,3)23-12-14-9-10-18(19(11-14)24-4)25-13-15-16(21)7-6-8-17(15)22/h6-11,23H,5,12-13H2,1-4H3. The topological polar surface area (TPSA) is 30.5 Å². The maximum absolute atomic E-state index is 13.8. The van der Waals surface area contributed by atoms with Gasteiger partial charge >= 0.3 is 0 Å². The quantitative estimate of drug-likeness (QED) is 0.684. The minimum Gasteiger partial charge on any atom is -0.493 e. The van der Waals surface area contributed by atoms with Crippen molar-refractivity contribution in [3.05, 3.63) is 58.4 Å². The molecule has 0 fully saturated rings. The summed E-state index contributed by atoms with van der Waals surface area (Å²) in [5.74, 6) is 0.787. The van der Waals surface area contributed by atoms with Gasteiger partial charge in [0.05, 0.1) is 12.1 Å². The first-order chi connectivity index (χ1) is 11.9. The van der Waals surface area contributed by atoms with Crippen molar-refractivity contribution >= 4 is 11.6 Å². The van der Waals surface area contributed by atoms with Crippen LogP contribution >= 0.6 is 11.6 Å². The third kappa shape index (κ3) is 5.35. The van der Waals surface area contributed by atoms with Gasteiger partial charge in [-0.3, -0.25) is 0 Å². The van der Waals surface area contributed by atoms with Crippen molar-refractivity contribution in [3.63, 3.8) is 0 Å².